The Balaban J connectivity index is 2.11. The van der Waals surface area contributed by atoms with E-state index in [0.717, 1.165) is 5.56 Å². The van der Waals surface area contributed by atoms with Crippen molar-refractivity contribution in [2.24, 2.45) is 0 Å². The van der Waals surface area contributed by atoms with E-state index in [0.29, 0.717) is 18.3 Å². The number of hydrogen-bond acceptors (Lipinski definition) is 4. The van der Waals surface area contributed by atoms with Crippen LogP contribution in [0.1, 0.15) is 54.1 Å². The molecule has 1 heterocycles. The van der Waals surface area contributed by atoms with E-state index in [1.165, 1.54) is 5.56 Å². The third kappa shape index (κ3) is 4.05. The quantitative estimate of drug-likeness (QED) is 0.774. The molecule has 0 N–H and O–H groups in total. The van der Waals surface area contributed by atoms with E-state index in [2.05, 4.69) is 31.1 Å². The van der Waals surface area contributed by atoms with Crippen molar-refractivity contribution in [2.75, 3.05) is 6.61 Å². The van der Waals surface area contributed by atoms with Gasteiger partial charge in [0.15, 0.2) is 11.5 Å². The Morgan fingerprint density at radius 3 is 2.86 bits per heavy atom. The highest BCUT2D eigenvalue weighted by Crippen LogP contribution is 2.17. The molecule has 0 bridgehead atoms. The van der Waals surface area contributed by atoms with Gasteiger partial charge in [-0.05, 0) is 30.0 Å². The summed E-state index contributed by atoms with van der Waals surface area (Å²) in [5, 5.41) is 3.69. The molecule has 0 aliphatic rings. The van der Waals surface area contributed by atoms with Crippen LogP contribution in [0.4, 0.5) is 0 Å². The fourth-order valence-electron chi connectivity index (χ4n) is 1.87. The first kappa shape index (κ1) is 15.0. The van der Waals surface area contributed by atoms with Crippen LogP contribution >= 0.6 is 0 Å². The molecule has 0 aliphatic carbocycles. The number of ether oxygens (including phenoxy) is 1. The minimum absolute atomic E-state index is 0.187. The van der Waals surface area contributed by atoms with E-state index in [1.54, 1.807) is 19.1 Å². The number of benzene rings is 1. The van der Waals surface area contributed by atoms with Crippen molar-refractivity contribution in [2.45, 2.75) is 26.7 Å². The molecule has 0 atom stereocenters. The van der Waals surface area contributed by atoms with E-state index in [4.69, 9.17) is 9.26 Å². The molecule has 2 rings (SSSR count). The number of rotatable bonds is 5. The van der Waals surface area contributed by atoms with Crippen LogP contribution < -0.4 is 0 Å². The monoisotopic (exact) mass is 285 g/mol. The van der Waals surface area contributed by atoms with Crippen LogP contribution in [-0.4, -0.2) is 17.7 Å². The lowest BCUT2D eigenvalue weighted by atomic mass is 10.0. The molecule has 0 saturated heterocycles. The van der Waals surface area contributed by atoms with Gasteiger partial charge in [-0.3, -0.25) is 0 Å². The van der Waals surface area contributed by atoms with Crippen molar-refractivity contribution in [1.29, 1.82) is 0 Å². The first-order chi connectivity index (χ1) is 10.1. The van der Waals surface area contributed by atoms with Crippen LogP contribution in [-0.2, 0) is 4.74 Å². The van der Waals surface area contributed by atoms with Gasteiger partial charge in [-0.25, -0.2) is 4.79 Å². The largest absolute Gasteiger partial charge is 0.461 e. The summed E-state index contributed by atoms with van der Waals surface area (Å²) in [6.45, 7) is 6.38. The summed E-state index contributed by atoms with van der Waals surface area (Å²) in [5.41, 5.74) is 2.55. The lowest BCUT2D eigenvalue weighted by Crippen LogP contribution is -2.04. The highest BCUT2D eigenvalue weighted by atomic mass is 16.5. The number of carbonyl (C=O) groups excluding carboxylic acids is 1. The molecule has 2 aromatic rings. The zero-order valence-corrected chi connectivity index (χ0v) is 12.5. The third-order valence-corrected chi connectivity index (χ3v) is 3.03. The molecule has 0 spiro atoms. The van der Waals surface area contributed by atoms with Gasteiger partial charge in [0.25, 0.3) is 0 Å². The van der Waals surface area contributed by atoms with Crippen LogP contribution in [0.25, 0.3) is 12.2 Å². The second kappa shape index (κ2) is 6.88. The van der Waals surface area contributed by atoms with Crippen molar-refractivity contribution < 1.29 is 14.1 Å². The molecule has 4 nitrogen and oxygen atoms in total. The van der Waals surface area contributed by atoms with Crippen molar-refractivity contribution in [3.8, 4) is 0 Å². The Morgan fingerprint density at radius 1 is 1.33 bits per heavy atom. The standard InChI is InChI=1S/C17H19NO3/c1-4-20-17(19)16-11-15(21-18-16)9-8-13-6-5-7-14(10-13)12(2)3/h5-12H,4H2,1-3H3/b9-8+. The Morgan fingerprint density at radius 2 is 2.14 bits per heavy atom. The lowest BCUT2D eigenvalue weighted by molar-refractivity contribution is 0.0514. The molecule has 4 heteroatoms. The predicted octanol–water partition coefficient (Wildman–Crippen LogP) is 4.15. The topological polar surface area (TPSA) is 52.3 Å². The molecule has 1 aromatic carbocycles. The normalized spacial score (nSPS) is 11.2. The van der Waals surface area contributed by atoms with E-state index in [1.807, 2.05) is 18.2 Å². The first-order valence-corrected chi connectivity index (χ1v) is 7.02. The van der Waals surface area contributed by atoms with Crippen molar-refractivity contribution in [3.05, 3.63) is 52.9 Å². The van der Waals surface area contributed by atoms with Gasteiger partial charge in [0.1, 0.15) is 0 Å². The first-order valence-electron chi connectivity index (χ1n) is 7.02. The smallest absolute Gasteiger partial charge is 0.360 e. The van der Waals surface area contributed by atoms with Crippen LogP contribution in [0.2, 0.25) is 0 Å². The van der Waals surface area contributed by atoms with Gasteiger partial charge in [0, 0.05) is 6.07 Å². The van der Waals surface area contributed by atoms with Gasteiger partial charge >= 0.3 is 5.97 Å². The van der Waals surface area contributed by atoms with Crippen LogP contribution in [0.5, 0.6) is 0 Å². The second-order valence-electron chi connectivity index (χ2n) is 4.99. The molecular weight excluding hydrogens is 266 g/mol. The summed E-state index contributed by atoms with van der Waals surface area (Å²) < 4.78 is 9.95. The minimum Gasteiger partial charge on any atom is -0.461 e. The van der Waals surface area contributed by atoms with Gasteiger partial charge < -0.3 is 9.26 Å². The fourth-order valence-corrected chi connectivity index (χ4v) is 1.87. The number of hydrogen-bond donors (Lipinski definition) is 0. The van der Waals surface area contributed by atoms with Gasteiger partial charge in [0.05, 0.1) is 6.61 Å². The number of aromatic nitrogens is 1. The highest BCUT2D eigenvalue weighted by molar-refractivity contribution is 5.87. The van der Waals surface area contributed by atoms with Gasteiger partial charge in [-0.2, -0.15) is 0 Å². The van der Waals surface area contributed by atoms with E-state index < -0.39 is 5.97 Å². The Bertz CT molecular complexity index is 641. The maximum absolute atomic E-state index is 11.5. The molecule has 0 radical (unpaired) electrons. The van der Waals surface area contributed by atoms with Crippen molar-refractivity contribution in [1.82, 2.24) is 5.16 Å². The van der Waals surface area contributed by atoms with E-state index in [9.17, 15) is 4.79 Å². The summed E-state index contributed by atoms with van der Waals surface area (Å²) >= 11 is 0. The number of nitrogens with zero attached hydrogens (tertiary/aromatic N) is 1. The van der Waals surface area contributed by atoms with E-state index >= 15 is 0 Å². The summed E-state index contributed by atoms with van der Waals surface area (Å²) in [4.78, 5) is 11.5. The average Bonchev–Trinajstić information content (AvgIpc) is 2.95. The molecule has 0 aliphatic heterocycles. The molecule has 110 valence electrons. The molecular formula is C17H19NO3. The number of carbonyl (C=O) groups is 1. The van der Waals surface area contributed by atoms with Crippen LogP contribution in [0.3, 0.4) is 0 Å². The Hall–Kier alpha value is -2.36. The summed E-state index contributed by atoms with van der Waals surface area (Å²) in [7, 11) is 0. The minimum atomic E-state index is -0.470. The Labute approximate surface area is 124 Å². The maximum atomic E-state index is 11.5. The van der Waals surface area contributed by atoms with E-state index in [-0.39, 0.29) is 5.69 Å². The molecule has 0 saturated carbocycles. The zero-order chi connectivity index (χ0) is 15.2. The maximum Gasteiger partial charge on any atom is 0.360 e. The predicted molar refractivity (Wildman–Crippen MR) is 81.9 cm³/mol. The van der Waals surface area contributed by atoms with Crippen LogP contribution in [0.15, 0.2) is 34.9 Å². The fraction of sp³-hybridized carbons (Fsp3) is 0.294. The SMILES string of the molecule is CCOC(=O)c1cc(/C=C/c2cccc(C(C)C)c2)on1. The molecule has 21 heavy (non-hydrogen) atoms. The average molecular weight is 285 g/mol. The molecule has 1 aromatic heterocycles. The molecule has 0 amide bonds. The van der Waals surface area contributed by atoms with Crippen molar-refractivity contribution >= 4 is 18.1 Å². The summed E-state index contributed by atoms with van der Waals surface area (Å²) in [6, 6.07) is 9.85. The number of esters is 1. The van der Waals surface area contributed by atoms with Gasteiger partial charge in [-0.1, -0.05) is 49.3 Å². The molecule has 0 unspecified atom stereocenters. The second-order valence-corrected chi connectivity index (χ2v) is 4.99. The highest BCUT2D eigenvalue weighted by Gasteiger charge is 2.11. The lowest BCUT2D eigenvalue weighted by Gasteiger charge is -2.05. The third-order valence-electron chi connectivity index (χ3n) is 3.03. The van der Waals surface area contributed by atoms with Crippen molar-refractivity contribution in [3.63, 3.8) is 0 Å². The van der Waals surface area contributed by atoms with Crippen LogP contribution in [0, 0.1) is 0 Å². The zero-order valence-electron chi connectivity index (χ0n) is 12.5. The van der Waals surface area contributed by atoms with Gasteiger partial charge in [0.2, 0.25) is 0 Å². The van der Waals surface area contributed by atoms with Gasteiger partial charge in [-0.15, -0.1) is 0 Å². The Kier molecular flexibility index (Phi) is 4.93. The summed E-state index contributed by atoms with van der Waals surface area (Å²) in [5.74, 6) is 0.537. The molecule has 0 fully saturated rings. The summed E-state index contributed by atoms with van der Waals surface area (Å²) in [6.07, 6.45) is 3.72.